The van der Waals surface area contributed by atoms with Gasteiger partial charge in [0.1, 0.15) is 0 Å². The summed E-state index contributed by atoms with van der Waals surface area (Å²) in [6.45, 7) is 0. The Morgan fingerprint density at radius 2 is 1.04 bits per heavy atom. The molecular weight excluding hydrogens is 575 g/mol. The van der Waals surface area contributed by atoms with E-state index in [0.29, 0.717) is 0 Å². The summed E-state index contributed by atoms with van der Waals surface area (Å²) >= 11 is 1.88. The number of thiophene rings is 1. The van der Waals surface area contributed by atoms with Crippen molar-refractivity contribution >= 4 is 70.1 Å². The summed E-state index contributed by atoms with van der Waals surface area (Å²) in [7, 11) is 0. The van der Waals surface area contributed by atoms with Crippen molar-refractivity contribution in [3.8, 4) is 22.3 Å². The molecular formula is C44H29NS. The van der Waals surface area contributed by atoms with Gasteiger partial charge in [0.05, 0.1) is 5.69 Å². The summed E-state index contributed by atoms with van der Waals surface area (Å²) in [5.41, 5.74) is 8.35. The van der Waals surface area contributed by atoms with Crippen LogP contribution in [0, 0.1) is 0 Å². The van der Waals surface area contributed by atoms with Crippen LogP contribution in [0.25, 0.3) is 64.0 Å². The fraction of sp³-hybridized carbons (Fsp3) is 0. The topological polar surface area (TPSA) is 3.24 Å². The third-order valence-corrected chi connectivity index (χ3v) is 10.2. The number of nitrogens with zero attached hydrogens (tertiary/aromatic N) is 1. The molecule has 0 amide bonds. The van der Waals surface area contributed by atoms with E-state index in [4.69, 9.17) is 0 Å². The minimum atomic E-state index is 1.13. The number of hydrogen-bond donors (Lipinski definition) is 0. The van der Waals surface area contributed by atoms with E-state index in [0.717, 1.165) is 11.4 Å². The van der Waals surface area contributed by atoms with Gasteiger partial charge in [-0.2, -0.15) is 0 Å². The van der Waals surface area contributed by atoms with Gasteiger partial charge in [-0.3, -0.25) is 0 Å². The lowest BCUT2D eigenvalue weighted by atomic mass is 9.98. The van der Waals surface area contributed by atoms with Crippen molar-refractivity contribution < 1.29 is 0 Å². The van der Waals surface area contributed by atoms with Crippen LogP contribution in [-0.4, -0.2) is 0 Å². The lowest BCUT2D eigenvalue weighted by molar-refractivity contribution is 1.31. The van der Waals surface area contributed by atoms with E-state index in [2.05, 4.69) is 181 Å². The highest BCUT2D eigenvalue weighted by Gasteiger charge is 2.21. The molecule has 0 fully saturated rings. The number of fused-ring (bicyclic) bond motifs is 6. The van der Waals surface area contributed by atoms with Gasteiger partial charge in [0.2, 0.25) is 0 Å². The molecule has 9 aromatic rings. The number of hydrogen-bond acceptors (Lipinski definition) is 2. The smallest absolute Gasteiger partial charge is 0.0555 e. The van der Waals surface area contributed by atoms with Crippen molar-refractivity contribution in [3.63, 3.8) is 0 Å². The number of benzene rings is 8. The number of rotatable bonds is 5. The highest BCUT2D eigenvalue weighted by Crippen LogP contribution is 2.49. The maximum absolute atomic E-state index is 2.46. The zero-order chi connectivity index (χ0) is 30.5. The summed E-state index contributed by atoms with van der Waals surface area (Å²) in [5, 5.41) is 7.61. The first-order valence-electron chi connectivity index (χ1n) is 15.7. The lowest BCUT2D eigenvalue weighted by Gasteiger charge is -2.28. The molecule has 1 nitrogen and oxygen atoms in total. The van der Waals surface area contributed by atoms with Crippen molar-refractivity contribution in [2.24, 2.45) is 0 Å². The molecule has 0 bridgehead atoms. The van der Waals surface area contributed by atoms with Gasteiger partial charge in [0.25, 0.3) is 0 Å². The van der Waals surface area contributed by atoms with Crippen molar-refractivity contribution in [2.45, 2.75) is 0 Å². The Kier molecular flexibility index (Phi) is 6.40. The predicted octanol–water partition coefficient (Wildman–Crippen LogP) is 13.2. The molecule has 0 atom stereocenters. The van der Waals surface area contributed by atoms with Crippen LogP contribution in [0.2, 0.25) is 0 Å². The third kappa shape index (κ3) is 4.46. The third-order valence-electron chi connectivity index (χ3n) is 9.03. The second-order valence-electron chi connectivity index (χ2n) is 11.7. The SMILES string of the molecule is c1ccc(-c2cccc(N(c3ccc4c(ccc5ccccc54)c3)c3ccc(-c4ccccc4)c4sc5ccccc5c34)c2)cc1. The minimum absolute atomic E-state index is 1.13. The summed E-state index contributed by atoms with van der Waals surface area (Å²) in [5.74, 6) is 0. The molecule has 2 heteroatoms. The molecule has 0 saturated carbocycles. The van der Waals surface area contributed by atoms with E-state index >= 15 is 0 Å². The molecule has 46 heavy (non-hydrogen) atoms. The van der Waals surface area contributed by atoms with Crippen LogP contribution in [-0.2, 0) is 0 Å². The summed E-state index contributed by atoms with van der Waals surface area (Å²) in [6, 6.07) is 63.9. The van der Waals surface area contributed by atoms with E-state index in [1.54, 1.807) is 0 Å². The first-order valence-corrected chi connectivity index (χ1v) is 16.5. The van der Waals surface area contributed by atoms with E-state index in [-0.39, 0.29) is 0 Å². The molecule has 0 aliphatic carbocycles. The van der Waals surface area contributed by atoms with E-state index in [9.17, 15) is 0 Å². The van der Waals surface area contributed by atoms with Crippen LogP contribution in [0.1, 0.15) is 0 Å². The standard InChI is InChI=1S/C44H29NS/c1-3-12-30(13-4-1)33-17-11-18-35(28-33)45(36-24-25-38-34(29-36)23-22-32-16-7-8-19-37(32)38)41-27-26-39(31-14-5-2-6-15-31)44-43(41)40-20-9-10-21-42(40)46-44/h1-29H. The van der Waals surface area contributed by atoms with Crippen molar-refractivity contribution in [1.29, 1.82) is 0 Å². The summed E-state index contributed by atoms with van der Waals surface area (Å²) in [6.07, 6.45) is 0. The minimum Gasteiger partial charge on any atom is -0.310 e. The highest BCUT2D eigenvalue weighted by atomic mass is 32.1. The molecule has 1 aromatic heterocycles. The molecule has 0 spiro atoms. The molecule has 0 unspecified atom stereocenters. The molecule has 1 heterocycles. The monoisotopic (exact) mass is 603 g/mol. The summed E-state index contributed by atoms with van der Waals surface area (Å²) in [4.78, 5) is 2.46. The van der Waals surface area contributed by atoms with Crippen LogP contribution in [0.4, 0.5) is 17.1 Å². The molecule has 0 aliphatic rings. The highest BCUT2D eigenvalue weighted by molar-refractivity contribution is 7.26. The van der Waals surface area contributed by atoms with Gasteiger partial charge in [0, 0.05) is 31.5 Å². The van der Waals surface area contributed by atoms with Crippen LogP contribution in [0.5, 0.6) is 0 Å². The summed E-state index contributed by atoms with van der Waals surface area (Å²) < 4.78 is 2.60. The van der Waals surface area contributed by atoms with Crippen molar-refractivity contribution in [3.05, 3.63) is 176 Å². The van der Waals surface area contributed by atoms with Gasteiger partial charge >= 0.3 is 0 Å². The molecule has 216 valence electrons. The van der Waals surface area contributed by atoms with Crippen LogP contribution in [0.15, 0.2) is 176 Å². The largest absolute Gasteiger partial charge is 0.310 e. The van der Waals surface area contributed by atoms with Gasteiger partial charge in [-0.1, -0.05) is 140 Å². The zero-order valence-corrected chi connectivity index (χ0v) is 25.9. The maximum Gasteiger partial charge on any atom is 0.0555 e. The Labute approximate surface area is 272 Å². The zero-order valence-electron chi connectivity index (χ0n) is 25.1. The van der Waals surface area contributed by atoms with Crippen molar-refractivity contribution in [2.75, 3.05) is 4.90 Å². The molecule has 0 saturated heterocycles. The van der Waals surface area contributed by atoms with Crippen LogP contribution < -0.4 is 4.90 Å². The molecule has 0 radical (unpaired) electrons. The predicted molar refractivity (Wildman–Crippen MR) is 200 cm³/mol. The molecule has 0 aliphatic heterocycles. The second-order valence-corrected chi connectivity index (χ2v) is 12.8. The second kappa shape index (κ2) is 11.0. The molecule has 9 rings (SSSR count). The van der Waals surface area contributed by atoms with Gasteiger partial charge in [-0.05, 0) is 80.2 Å². The Balaban J connectivity index is 1.34. The Bertz CT molecular complexity index is 2530. The first kappa shape index (κ1) is 26.7. The van der Waals surface area contributed by atoms with Gasteiger partial charge in [-0.25, -0.2) is 0 Å². The van der Waals surface area contributed by atoms with E-state index in [1.807, 2.05) is 11.3 Å². The van der Waals surface area contributed by atoms with Gasteiger partial charge in [0.15, 0.2) is 0 Å². The van der Waals surface area contributed by atoms with Crippen LogP contribution >= 0.6 is 11.3 Å². The van der Waals surface area contributed by atoms with E-state index in [1.165, 1.54) is 69.7 Å². The Hall–Kier alpha value is -5.70. The van der Waals surface area contributed by atoms with Gasteiger partial charge < -0.3 is 4.90 Å². The average Bonchev–Trinajstić information content (AvgIpc) is 3.53. The quantitative estimate of drug-likeness (QED) is 0.177. The Morgan fingerprint density at radius 1 is 0.391 bits per heavy atom. The van der Waals surface area contributed by atoms with Gasteiger partial charge in [-0.15, -0.1) is 11.3 Å². The first-order chi connectivity index (χ1) is 22.8. The maximum atomic E-state index is 2.46. The molecule has 0 N–H and O–H groups in total. The number of anilines is 3. The average molecular weight is 604 g/mol. The normalized spacial score (nSPS) is 11.5. The lowest BCUT2D eigenvalue weighted by Crippen LogP contribution is -2.10. The fourth-order valence-corrected chi connectivity index (χ4v) is 8.12. The van der Waals surface area contributed by atoms with E-state index < -0.39 is 0 Å². The molecule has 8 aromatic carbocycles. The van der Waals surface area contributed by atoms with Crippen LogP contribution in [0.3, 0.4) is 0 Å². The van der Waals surface area contributed by atoms with Crippen molar-refractivity contribution in [1.82, 2.24) is 0 Å². The Morgan fingerprint density at radius 3 is 1.89 bits per heavy atom. The fourth-order valence-electron chi connectivity index (χ4n) is 6.86.